The Bertz CT molecular complexity index is 765. The molecule has 2 aromatic carbocycles. The summed E-state index contributed by atoms with van der Waals surface area (Å²) >= 11 is 6.02. The fraction of sp³-hybridized carbons (Fsp3) is 0.250. The lowest BCUT2D eigenvalue weighted by atomic mass is 9.84. The summed E-state index contributed by atoms with van der Waals surface area (Å²) in [7, 11) is 1.65. The largest absolute Gasteiger partial charge is 0.497 e. The quantitative estimate of drug-likeness (QED) is 0.785. The minimum Gasteiger partial charge on any atom is -0.497 e. The predicted octanol–water partition coefficient (Wildman–Crippen LogP) is 5.02. The Morgan fingerprint density at radius 1 is 1.04 bits per heavy atom. The van der Waals surface area contributed by atoms with E-state index < -0.39 is 0 Å². The molecule has 0 saturated heterocycles. The van der Waals surface area contributed by atoms with Crippen molar-refractivity contribution in [3.05, 3.63) is 70.9 Å². The Labute approximate surface area is 147 Å². The minimum absolute atomic E-state index is 0.0631. The van der Waals surface area contributed by atoms with Crippen LogP contribution >= 0.6 is 11.6 Å². The molecule has 0 spiro atoms. The molecular formula is C20H20ClNO2. The molecule has 0 fully saturated rings. The third-order valence-corrected chi connectivity index (χ3v) is 4.74. The smallest absolute Gasteiger partial charge is 0.165 e. The lowest BCUT2D eigenvalue weighted by molar-refractivity contribution is -0.119. The second-order valence-corrected chi connectivity index (χ2v) is 6.50. The Hall–Kier alpha value is -2.26. The van der Waals surface area contributed by atoms with Crippen LogP contribution in [0.2, 0.25) is 5.02 Å². The van der Waals surface area contributed by atoms with Gasteiger partial charge >= 0.3 is 0 Å². The van der Waals surface area contributed by atoms with Crippen molar-refractivity contribution in [2.45, 2.75) is 19.9 Å². The zero-order valence-corrected chi connectivity index (χ0v) is 14.7. The lowest BCUT2D eigenvalue weighted by Crippen LogP contribution is -2.37. The molecule has 0 unspecified atom stereocenters. The SMILES string of the molecule is COc1ccc(N2C=C(C)C(=O)[C@H](C)[C@H]2c2ccc(Cl)cc2)cc1. The molecule has 4 heteroatoms. The summed E-state index contributed by atoms with van der Waals surface area (Å²) < 4.78 is 5.24. The van der Waals surface area contributed by atoms with Crippen molar-refractivity contribution in [2.24, 2.45) is 5.92 Å². The summed E-state index contributed by atoms with van der Waals surface area (Å²) in [5.74, 6) is 0.849. The number of nitrogens with zero attached hydrogens (tertiary/aromatic N) is 1. The van der Waals surface area contributed by atoms with Crippen molar-refractivity contribution in [3.63, 3.8) is 0 Å². The number of benzene rings is 2. The number of hydrogen-bond acceptors (Lipinski definition) is 3. The Balaban J connectivity index is 2.07. The highest BCUT2D eigenvalue weighted by molar-refractivity contribution is 6.30. The highest BCUT2D eigenvalue weighted by Gasteiger charge is 2.35. The zero-order valence-electron chi connectivity index (χ0n) is 14.0. The average molecular weight is 342 g/mol. The number of anilines is 1. The summed E-state index contributed by atoms with van der Waals surface area (Å²) in [5, 5.41) is 0.691. The number of hydrogen-bond donors (Lipinski definition) is 0. The third kappa shape index (κ3) is 3.04. The second kappa shape index (κ2) is 6.70. The maximum Gasteiger partial charge on any atom is 0.165 e. The van der Waals surface area contributed by atoms with Gasteiger partial charge in [0.1, 0.15) is 5.75 Å². The fourth-order valence-corrected chi connectivity index (χ4v) is 3.32. The van der Waals surface area contributed by atoms with Crippen LogP contribution in [0, 0.1) is 5.92 Å². The van der Waals surface area contributed by atoms with Crippen LogP contribution in [0.4, 0.5) is 5.69 Å². The van der Waals surface area contributed by atoms with Crippen molar-refractivity contribution < 1.29 is 9.53 Å². The number of ether oxygens (including phenoxy) is 1. The molecule has 0 saturated carbocycles. The normalized spacial score (nSPS) is 20.8. The summed E-state index contributed by atoms with van der Waals surface area (Å²) in [6, 6.07) is 15.5. The highest BCUT2D eigenvalue weighted by atomic mass is 35.5. The molecule has 0 amide bonds. The number of methoxy groups -OCH3 is 1. The number of Topliss-reactive ketones (excluding diaryl/α,β-unsaturated/α-hetero) is 1. The molecule has 3 rings (SSSR count). The number of carbonyl (C=O) groups excluding carboxylic acids is 1. The first-order valence-electron chi connectivity index (χ1n) is 7.91. The van der Waals surface area contributed by atoms with Crippen molar-refractivity contribution in [1.29, 1.82) is 0 Å². The van der Waals surface area contributed by atoms with Crippen LogP contribution < -0.4 is 9.64 Å². The standard InChI is InChI=1S/C20H20ClNO2/c1-13-12-22(17-8-10-18(24-3)11-9-17)19(14(2)20(13)23)15-4-6-16(21)7-5-15/h4-12,14,19H,1-3H3/t14-,19+/m1/s1. The van der Waals surface area contributed by atoms with E-state index in [-0.39, 0.29) is 17.7 Å². The van der Waals surface area contributed by atoms with Gasteiger partial charge in [0.15, 0.2) is 5.78 Å². The van der Waals surface area contributed by atoms with E-state index in [9.17, 15) is 4.79 Å². The van der Waals surface area contributed by atoms with Gasteiger partial charge in [0.25, 0.3) is 0 Å². The first-order chi connectivity index (χ1) is 11.5. The number of carbonyl (C=O) groups is 1. The van der Waals surface area contributed by atoms with Crippen LogP contribution in [0.25, 0.3) is 0 Å². The summed E-state index contributed by atoms with van der Waals surface area (Å²) in [6.45, 7) is 3.85. The van der Waals surface area contributed by atoms with Gasteiger partial charge in [-0.3, -0.25) is 4.79 Å². The number of ketones is 1. The highest BCUT2D eigenvalue weighted by Crippen LogP contribution is 2.39. The van der Waals surface area contributed by atoms with Gasteiger partial charge in [0, 0.05) is 28.4 Å². The van der Waals surface area contributed by atoms with Gasteiger partial charge in [-0.15, -0.1) is 0 Å². The van der Waals surface area contributed by atoms with Crippen LogP contribution in [0.1, 0.15) is 25.5 Å². The molecule has 1 aliphatic rings. The van der Waals surface area contributed by atoms with E-state index in [0.29, 0.717) is 5.02 Å². The molecule has 0 N–H and O–H groups in total. The molecule has 0 radical (unpaired) electrons. The van der Waals surface area contributed by atoms with Gasteiger partial charge in [-0.05, 0) is 48.9 Å². The van der Waals surface area contributed by atoms with Crippen LogP contribution in [-0.2, 0) is 4.79 Å². The molecule has 2 aromatic rings. The van der Waals surface area contributed by atoms with E-state index in [1.165, 1.54) is 0 Å². The van der Waals surface area contributed by atoms with Gasteiger partial charge in [0.05, 0.1) is 13.2 Å². The minimum atomic E-state index is -0.140. The fourth-order valence-electron chi connectivity index (χ4n) is 3.19. The lowest BCUT2D eigenvalue weighted by Gasteiger charge is -2.39. The summed E-state index contributed by atoms with van der Waals surface area (Å²) in [6.07, 6.45) is 1.93. The van der Waals surface area contributed by atoms with Crippen molar-refractivity contribution in [1.82, 2.24) is 0 Å². The van der Waals surface area contributed by atoms with Gasteiger partial charge in [-0.2, -0.15) is 0 Å². The average Bonchev–Trinajstić information content (AvgIpc) is 2.60. The first kappa shape index (κ1) is 16.6. The molecule has 0 aromatic heterocycles. The van der Waals surface area contributed by atoms with Crippen LogP contribution in [-0.4, -0.2) is 12.9 Å². The molecule has 24 heavy (non-hydrogen) atoms. The maximum atomic E-state index is 12.5. The molecule has 3 nitrogen and oxygen atoms in total. The number of halogens is 1. The van der Waals surface area contributed by atoms with Crippen LogP contribution in [0.5, 0.6) is 5.75 Å². The van der Waals surface area contributed by atoms with Crippen molar-refractivity contribution >= 4 is 23.1 Å². The van der Waals surface area contributed by atoms with E-state index in [1.807, 2.05) is 68.6 Å². The number of rotatable bonds is 3. The summed E-state index contributed by atoms with van der Waals surface area (Å²) in [5.41, 5.74) is 2.86. The monoisotopic (exact) mass is 341 g/mol. The predicted molar refractivity (Wildman–Crippen MR) is 97.6 cm³/mol. The Morgan fingerprint density at radius 2 is 1.67 bits per heavy atom. The first-order valence-corrected chi connectivity index (χ1v) is 8.29. The van der Waals surface area contributed by atoms with E-state index in [0.717, 1.165) is 22.6 Å². The van der Waals surface area contributed by atoms with Crippen molar-refractivity contribution in [3.8, 4) is 5.75 Å². The zero-order chi connectivity index (χ0) is 17.3. The van der Waals surface area contributed by atoms with Gasteiger partial charge in [-0.25, -0.2) is 0 Å². The summed E-state index contributed by atoms with van der Waals surface area (Å²) in [4.78, 5) is 14.7. The van der Waals surface area contributed by atoms with Gasteiger partial charge in [0.2, 0.25) is 0 Å². The van der Waals surface area contributed by atoms with E-state index in [1.54, 1.807) is 7.11 Å². The van der Waals surface area contributed by atoms with E-state index in [4.69, 9.17) is 16.3 Å². The Morgan fingerprint density at radius 3 is 2.25 bits per heavy atom. The van der Waals surface area contributed by atoms with Crippen LogP contribution in [0.3, 0.4) is 0 Å². The molecule has 124 valence electrons. The van der Waals surface area contributed by atoms with E-state index >= 15 is 0 Å². The third-order valence-electron chi connectivity index (χ3n) is 4.49. The molecular weight excluding hydrogens is 322 g/mol. The number of allylic oxidation sites excluding steroid dienone is 1. The molecule has 1 aliphatic heterocycles. The molecule has 0 bridgehead atoms. The second-order valence-electron chi connectivity index (χ2n) is 6.07. The van der Waals surface area contributed by atoms with E-state index in [2.05, 4.69) is 4.90 Å². The molecule has 2 atom stereocenters. The molecule has 1 heterocycles. The van der Waals surface area contributed by atoms with Crippen molar-refractivity contribution in [2.75, 3.05) is 12.0 Å². The van der Waals surface area contributed by atoms with Crippen LogP contribution in [0.15, 0.2) is 60.3 Å². The Kier molecular flexibility index (Phi) is 4.63. The van der Waals surface area contributed by atoms with Gasteiger partial charge < -0.3 is 9.64 Å². The molecule has 0 aliphatic carbocycles. The maximum absolute atomic E-state index is 12.5. The topological polar surface area (TPSA) is 29.5 Å². The van der Waals surface area contributed by atoms with Gasteiger partial charge in [-0.1, -0.05) is 30.7 Å².